The van der Waals surface area contributed by atoms with Crippen LogP contribution in [0.1, 0.15) is 19.2 Å². The van der Waals surface area contributed by atoms with E-state index >= 15 is 0 Å². The maximum atomic E-state index is 13.8. The molecule has 2 N–H and O–H groups in total. The van der Waals surface area contributed by atoms with Gasteiger partial charge < -0.3 is 10.3 Å². The molecular formula is C14H15F2N3. The first kappa shape index (κ1) is 12.1. The number of anilines is 1. The molecule has 19 heavy (non-hydrogen) atoms. The van der Waals surface area contributed by atoms with Gasteiger partial charge in [0.25, 0.3) is 0 Å². The monoisotopic (exact) mass is 263 g/mol. The Kier molecular flexibility index (Phi) is 2.77. The highest BCUT2D eigenvalue weighted by Gasteiger charge is 2.24. The Balaban J connectivity index is 2.14. The van der Waals surface area contributed by atoms with E-state index in [0.717, 1.165) is 31.3 Å². The van der Waals surface area contributed by atoms with Crippen LogP contribution in [0.5, 0.6) is 0 Å². The molecule has 0 saturated heterocycles. The van der Waals surface area contributed by atoms with Crippen molar-refractivity contribution in [3.8, 4) is 11.3 Å². The highest BCUT2D eigenvalue weighted by Crippen LogP contribution is 2.32. The van der Waals surface area contributed by atoms with E-state index in [1.165, 1.54) is 12.1 Å². The molecule has 2 heterocycles. The van der Waals surface area contributed by atoms with Gasteiger partial charge in [-0.3, -0.25) is 0 Å². The Labute approximate surface area is 110 Å². The summed E-state index contributed by atoms with van der Waals surface area (Å²) in [5, 5.41) is 0. The molecule has 1 aromatic carbocycles. The molecule has 3 rings (SSSR count). The molecule has 2 aromatic rings. The Hall–Kier alpha value is -1.91. The van der Waals surface area contributed by atoms with Crippen LogP contribution < -0.4 is 5.73 Å². The molecule has 0 saturated carbocycles. The van der Waals surface area contributed by atoms with Gasteiger partial charge in [0, 0.05) is 18.5 Å². The van der Waals surface area contributed by atoms with Crippen molar-refractivity contribution >= 4 is 5.82 Å². The number of benzene rings is 1. The minimum atomic E-state index is -0.891. The van der Waals surface area contributed by atoms with Gasteiger partial charge in [0.2, 0.25) is 0 Å². The number of nitrogen functional groups attached to an aromatic ring is 1. The van der Waals surface area contributed by atoms with Gasteiger partial charge in [-0.1, -0.05) is 13.0 Å². The Morgan fingerprint density at radius 3 is 2.95 bits per heavy atom. The van der Waals surface area contributed by atoms with Crippen LogP contribution >= 0.6 is 0 Å². The second-order valence-corrected chi connectivity index (χ2v) is 5.11. The number of hydrogen-bond donors (Lipinski definition) is 1. The lowest BCUT2D eigenvalue weighted by Crippen LogP contribution is -2.18. The van der Waals surface area contributed by atoms with Crippen LogP contribution in [0.2, 0.25) is 0 Å². The fourth-order valence-electron chi connectivity index (χ4n) is 2.57. The van der Waals surface area contributed by atoms with Crippen molar-refractivity contribution in [2.45, 2.75) is 26.3 Å². The van der Waals surface area contributed by atoms with Crippen molar-refractivity contribution in [2.24, 2.45) is 5.92 Å². The summed E-state index contributed by atoms with van der Waals surface area (Å²) in [6.07, 6.45) is 1.85. The molecule has 1 aliphatic heterocycles. The molecule has 0 amide bonds. The van der Waals surface area contributed by atoms with Crippen LogP contribution in [0.4, 0.5) is 14.6 Å². The van der Waals surface area contributed by atoms with Crippen molar-refractivity contribution in [2.75, 3.05) is 5.73 Å². The fraction of sp³-hybridized carbons (Fsp3) is 0.357. The predicted octanol–water partition coefficient (Wildman–Crippen LogP) is 2.99. The van der Waals surface area contributed by atoms with Crippen molar-refractivity contribution in [3.05, 3.63) is 35.7 Å². The third kappa shape index (κ3) is 1.89. The number of imidazole rings is 1. The number of nitrogens with two attached hydrogens (primary N) is 1. The van der Waals surface area contributed by atoms with Gasteiger partial charge in [0.15, 0.2) is 11.6 Å². The van der Waals surface area contributed by atoms with Gasteiger partial charge in [0.1, 0.15) is 17.3 Å². The van der Waals surface area contributed by atoms with E-state index < -0.39 is 11.6 Å². The molecule has 0 fully saturated rings. The quantitative estimate of drug-likeness (QED) is 0.859. The second kappa shape index (κ2) is 4.33. The molecule has 1 aliphatic rings. The number of fused-ring (bicyclic) bond motifs is 1. The van der Waals surface area contributed by atoms with Gasteiger partial charge in [0.05, 0.1) is 0 Å². The van der Waals surface area contributed by atoms with Crippen LogP contribution in [-0.2, 0) is 13.0 Å². The average Bonchev–Trinajstić information content (AvgIpc) is 2.69. The second-order valence-electron chi connectivity index (χ2n) is 5.11. The van der Waals surface area contributed by atoms with Gasteiger partial charge in [-0.15, -0.1) is 0 Å². The molecule has 0 bridgehead atoms. The normalized spacial score (nSPS) is 18.4. The summed E-state index contributed by atoms with van der Waals surface area (Å²) in [4.78, 5) is 4.40. The number of nitrogens with zero attached hydrogens (tertiary/aromatic N) is 2. The number of aromatic nitrogens is 2. The van der Waals surface area contributed by atoms with Gasteiger partial charge in [-0.25, -0.2) is 13.8 Å². The summed E-state index contributed by atoms with van der Waals surface area (Å²) >= 11 is 0. The van der Waals surface area contributed by atoms with E-state index in [0.29, 0.717) is 17.4 Å². The molecule has 1 aromatic heterocycles. The van der Waals surface area contributed by atoms with Gasteiger partial charge in [-0.2, -0.15) is 0 Å². The van der Waals surface area contributed by atoms with Crippen LogP contribution in [-0.4, -0.2) is 9.55 Å². The Morgan fingerprint density at radius 2 is 2.16 bits per heavy atom. The Morgan fingerprint density at radius 1 is 1.37 bits per heavy atom. The highest BCUT2D eigenvalue weighted by molar-refractivity contribution is 5.71. The number of hydrogen-bond acceptors (Lipinski definition) is 2. The summed E-state index contributed by atoms with van der Waals surface area (Å²) in [6, 6.07) is 4.06. The summed E-state index contributed by atoms with van der Waals surface area (Å²) in [5.74, 6) is 0.0507. The average molecular weight is 263 g/mol. The topological polar surface area (TPSA) is 43.8 Å². The fourth-order valence-corrected chi connectivity index (χ4v) is 2.57. The summed E-state index contributed by atoms with van der Waals surface area (Å²) in [6.45, 7) is 2.93. The van der Waals surface area contributed by atoms with Gasteiger partial charge >= 0.3 is 0 Å². The zero-order valence-electron chi connectivity index (χ0n) is 10.7. The molecule has 1 unspecified atom stereocenters. The van der Waals surface area contributed by atoms with Crippen LogP contribution in [0, 0.1) is 17.6 Å². The summed E-state index contributed by atoms with van der Waals surface area (Å²) in [7, 11) is 0. The van der Waals surface area contributed by atoms with Crippen LogP contribution in [0.3, 0.4) is 0 Å². The lowest BCUT2D eigenvalue weighted by molar-refractivity contribution is 0.412. The Bertz CT molecular complexity index is 634. The predicted molar refractivity (Wildman–Crippen MR) is 69.5 cm³/mol. The summed E-state index contributed by atoms with van der Waals surface area (Å²) in [5.41, 5.74) is 6.51. The third-order valence-electron chi connectivity index (χ3n) is 3.67. The highest BCUT2D eigenvalue weighted by atomic mass is 19.2. The van der Waals surface area contributed by atoms with Crippen molar-refractivity contribution in [1.29, 1.82) is 0 Å². The van der Waals surface area contributed by atoms with E-state index in [-0.39, 0.29) is 5.56 Å². The standard InChI is InChI=1S/C14H15F2N3/c1-8-5-6-19-11(7-8)18-13(14(19)17)9-3-2-4-10(15)12(9)16/h2-4,8H,5-7,17H2,1H3. The largest absolute Gasteiger partial charge is 0.383 e. The molecule has 0 aliphatic carbocycles. The van der Waals surface area contributed by atoms with Crippen molar-refractivity contribution < 1.29 is 8.78 Å². The van der Waals surface area contributed by atoms with E-state index in [1.54, 1.807) is 0 Å². The first-order valence-electron chi connectivity index (χ1n) is 6.37. The molecule has 1 atom stereocenters. The zero-order chi connectivity index (χ0) is 13.6. The van der Waals surface area contributed by atoms with Crippen LogP contribution in [0.25, 0.3) is 11.3 Å². The van der Waals surface area contributed by atoms with Gasteiger partial charge in [-0.05, 0) is 24.5 Å². The minimum absolute atomic E-state index is 0.132. The maximum absolute atomic E-state index is 13.8. The zero-order valence-corrected chi connectivity index (χ0v) is 10.7. The SMILES string of the molecule is CC1CCn2c(nc(-c3cccc(F)c3F)c2N)C1. The number of halogens is 2. The van der Waals surface area contributed by atoms with Crippen molar-refractivity contribution in [3.63, 3.8) is 0 Å². The molecule has 0 spiro atoms. The molecule has 100 valence electrons. The minimum Gasteiger partial charge on any atom is -0.383 e. The van der Waals surface area contributed by atoms with E-state index in [4.69, 9.17) is 5.73 Å². The molecule has 5 heteroatoms. The first-order valence-corrected chi connectivity index (χ1v) is 6.37. The van der Waals surface area contributed by atoms with Crippen molar-refractivity contribution in [1.82, 2.24) is 9.55 Å². The third-order valence-corrected chi connectivity index (χ3v) is 3.67. The van der Waals surface area contributed by atoms with E-state index in [9.17, 15) is 8.78 Å². The molecular weight excluding hydrogens is 248 g/mol. The summed E-state index contributed by atoms with van der Waals surface area (Å²) < 4.78 is 29.0. The lowest BCUT2D eigenvalue weighted by atomic mass is 10.0. The van der Waals surface area contributed by atoms with E-state index in [2.05, 4.69) is 11.9 Å². The maximum Gasteiger partial charge on any atom is 0.168 e. The smallest absolute Gasteiger partial charge is 0.168 e. The first-order chi connectivity index (χ1) is 9.08. The molecule has 3 nitrogen and oxygen atoms in total. The van der Waals surface area contributed by atoms with Crippen LogP contribution in [0.15, 0.2) is 18.2 Å². The lowest BCUT2D eigenvalue weighted by Gasteiger charge is -2.20. The van der Waals surface area contributed by atoms with E-state index in [1.807, 2.05) is 4.57 Å². The molecule has 0 radical (unpaired) electrons. The number of rotatable bonds is 1.